The molecule has 7 nitrogen and oxygen atoms in total. The Bertz CT molecular complexity index is 883. The molecule has 0 unspecified atom stereocenters. The van der Waals surface area contributed by atoms with E-state index in [9.17, 15) is 4.79 Å². The normalized spacial score (nSPS) is 10.1. The van der Waals surface area contributed by atoms with Crippen LogP contribution in [0.4, 0.5) is 5.69 Å². The van der Waals surface area contributed by atoms with Crippen molar-refractivity contribution >= 4 is 44.9 Å². The first-order chi connectivity index (χ1) is 12.1. The number of thiocarbonyl (C=S) groups is 1. The number of hydrogen-bond donors (Lipinski definition) is 3. The van der Waals surface area contributed by atoms with Gasteiger partial charge < -0.3 is 9.84 Å². The number of nitrogens with one attached hydrogen (secondary N) is 3. The van der Waals surface area contributed by atoms with Gasteiger partial charge in [-0.1, -0.05) is 39.3 Å². The number of carbonyl (C=O) groups is 1. The predicted molar refractivity (Wildman–Crippen MR) is 101 cm³/mol. The molecule has 3 aromatic rings. The Balaban J connectivity index is 1.57. The molecule has 0 saturated carbocycles. The monoisotopic (exact) mass is 417 g/mol. The first kappa shape index (κ1) is 17.1. The van der Waals surface area contributed by atoms with E-state index in [0.29, 0.717) is 5.82 Å². The molecule has 1 heterocycles. The van der Waals surface area contributed by atoms with Crippen LogP contribution in [0.15, 0.2) is 63.6 Å². The molecule has 0 bridgehead atoms. The van der Waals surface area contributed by atoms with E-state index in [4.69, 9.17) is 16.7 Å². The lowest BCUT2D eigenvalue weighted by Crippen LogP contribution is -2.43. The Morgan fingerprint density at radius 3 is 2.48 bits per heavy atom. The molecule has 1 aromatic heterocycles. The van der Waals surface area contributed by atoms with Crippen molar-refractivity contribution in [3.8, 4) is 11.4 Å². The summed E-state index contributed by atoms with van der Waals surface area (Å²) in [6.07, 6.45) is 0. The second kappa shape index (κ2) is 7.86. The first-order valence-electron chi connectivity index (χ1n) is 7.14. The first-order valence-corrected chi connectivity index (χ1v) is 8.34. The molecule has 3 rings (SSSR count). The van der Waals surface area contributed by atoms with Gasteiger partial charge in [-0.3, -0.25) is 15.6 Å². The van der Waals surface area contributed by atoms with Crippen LogP contribution in [0.25, 0.3) is 11.4 Å². The quantitative estimate of drug-likeness (QED) is 0.445. The topological polar surface area (TPSA) is 92.1 Å². The number of carbonyl (C=O) groups excluding carboxylic acids is 1. The SMILES string of the molecule is O=C(NNC(=S)Nc1ccccc1)c1nc(-c2ccc(Br)cc2)no1. The van der Waals surface area contributed by atoms with Gasteiger partial charge in [0.2, 0.25) is 5.82 Å². The lowest BCUT2D eigenvalue weighted by Gasteiger charge is -2.09. The predicted octanol–water partition coefficient (Wildman–Crippen LogP) is 3.13. The van der Waals surface area contributed by atoms with Crippen LogP contribution in [0.5, 0.6) is 0 Å². The number of anilines is 1. The second-order valence-corrected chi connectivity index (χ2v) is 6.15. The molecule has 126 valence electrons. The zero-order chi connectivity index (χ0) is 17.6. The van der Waals surface area contributed by atoms with Crippen molar-refractivity contribution in [2.45, 2.75) is 0 Å². The molecular formula is C16H12BrN5O2S. The Morgan fingerprint density at radius 1 is 1.04 bits per heavy atom. The summed E-state index contributed by atoms with van der Waals surface area (Å²) < 4.78 is 5.90. The van der Waals surface area contributed by atoms with Crippen LogP contribution in [-0.4, -0.2) is 21.2 Å². The van der Waals surface area contributed by atoms with Crippen molar-refractivity contribution < 1.29 is 9.32 Å². The minimum absolute atomic E-state index is 0.173. The summed E-state index contributed by atoms with van der Waals surface area (Å²) in [4.78, 5) is 16.1. The van der Waals surface area contributed by atoms with Crippen LogP contribution in [0.2, 0.25) is 0 Å². The number of halogens is 1. The standard InChI is InChI=1S/C16H12BrN5O2S/c17-11-8-6-10(7-9-11)13-19-15(24-22-13)14(23)20-21-16(25)18-12-4-2-1-3-5-12/h1-9H,(H,20,23)(H2,18,21,25). The summed E-state index contributed by atoms with van der Waals surface area (Å²) in [5, 5.41) is 6.94. The molecule has 0 aliphatic rings. The maximum atomic E-state index is 12.0. The van der Waals surface area contributed by atoms with Gasteiger partial charge in [-0.05, 0) is 48.6 Å². The number of nitrogens with zero attached hydrogens (tertiary/aromatic N) is 2. The van der Waals surface area contributed by atoms with Crippen LogP contribution in [-0.2, 0) is 0 Å². The molecular weight excluding hydrogens is 406 g/mol. The van der Waals surface area contributed by atoms with Crippen molar-refractivity contribution in [1.29, 1.82) is 0 Å². The number of para-hydroxylation sites is 1. The molecule has 0 fully saturated rings. The fourth-order valence-corrected chi connectivity index (χ4v) is 2.32. The fraction of sp³-hybridized carbons (Fsp3) is 0. The zero-order valence-electron chi connectivity index (χ0n) is 12.7. The molecule has 0 aliphatic heterocycles. The second-order valence-electron chi connectivity index (χ2n) is 4.83. The highest BCUT2D eigenvalue weighted by Gasteiger charge is 2.16. The molecule has 0 aliphatic carbocycles. The van der Waals surface area contributed by atoms with Crippen molar-refractivity contribution in [2.24, 2.45) is 0 Å². The summed E-state index contributed by atoms with van der Waals surface area (Å²) in [5.74, 6) is -0.441. The minimum atomic E-state index is -0.590. The Labute approximate surface area is 156 Å². The lowest BCUT2D eigenvalue weighted by atomic mass is 10.2. The third-order valence-corrected chi connectivity index (χ3v) is 3.78. The van der Waals surface area contributed by atoms with Crippen molar-refractivity contribution in [1.82, 2.24) is 21.0 Å². The van der Waals surface area contributed by atoms with Gasteiger partial charge in [-0.2, -0.15) is 4.98 Å². The molecule has 2 aromatic carbocycles. The zero-order valence-corrected chi connectivity index (χ0v) is 15.1. The maximum absolute atomic E-state index is 12.0. The average molecular weight is 418 g/mol. The van der Waals surface area contributed by atoms with Gasteiger partial charge in [0.15, 0.2) is 5.11 Å². The third-order valence-electron chi connectivity index (χ3n) is 3.04. The molecule has 0 saturated heterocycles. The van der Waals surface area contributed by atoms with Gasteiger partial charge >= 0.3 is 11.8 Å². The van der Waals surface area contributed by atoms with Gasteiger partial charge in [-0.25, -0.2) is 0 Å². The van der Waals surface area contributed by atoms with E-state index in [1.165, 1.54) is 0 Å². The molecule has 9 heteroatoms. The Hall–Kier alpha value is -2.78. The van der Waals surface area contributed by atoms with Crippen LogP contribution in [0.1, 0.15) is 10.7 Å². The van der Waals surface area contributed by atoms with Gasteiger partial charge in [0.25, 0.3) is 0 Å². The smallest absolute Gasteiger partial charge is 0.328 e. The number of rotatable bonds is 3. The highest BCUT2D eigenvalue weighted by Crippen LogP contribution is 2.18. The molecule has 0 radical (unpaired) electrons. The summed E-state index contributed by atoms with van der Waals surface area (Å²) in [7, 11) is 0. The van der Waals surface area contributed by atoms with Crippen LogP contribution >= 0.6 is 28.1 Å². The Kier molecular flexibility index (Phi) is 5.36. The van der Waals surface area contributed by atoms with E-state index in [1.54, 1.807) is 0 Å². The molecule has 0 atom stereocenters. The lowest BCUT2D eigenvalue weighted by molar-refractivity contribution is 0.0900. The van der Waals surface area contributed by atoms with Crippen molar-refractivity contribution in [2.75, 3.05) is 5.32 Å². The summed E-state index contributed by atoms with van der Waals surface area (Å²) in [5.41, 5.74) is 6.50. The van der Waals surface area contributed by atoms with Gasteiger partial charge in [0.05, 0.1) is 0 Å². The van der Waals surface area contributed by atoms with E-state index in [2.05, 4.69) is 42.2 Å². The van der Waals surface area contributed by atoms with Gasteiger partial charge in [0, 0.05) is 15.7 Å². The summed E-state index contributed by atoms with van der Waals surface area (Å²) in [6.45, 7) is 0. The molecule has 3 N–H and O–H groups in total. The van der Waals surface area contributed by atoms with Crippen LogP contribution in [0.3, 0.4) is 0 Å². The van der Waals surface area contributed by atoms with Crippen molar-refractivity contribution in [3.05, 3.63) is 65.0 Å². The largest absolute Gasteiger partial charge is 0.331 e. The van der Waals surface area contributed by atoms with E-state index in [0.717, 1.165) is 15.7 Å². The third kappa shape index (κ3) is 4.61. The number of hydrazine groups is 1. The van der Waals surface area contributed by atoms with Crippen LogP contribution < -0.4 is 16.2 Å². The van der Waals surface area contributed by atoms with E-state index in [-0.39, 0.29) is 11.0 Å². The highest BCUT2D eigenvalue weighted by atomic mass is 79.9. The fourth-order valence-electron chi connectivity index (χ4n) is 1.88. The molecule has 25 heavy (non-hydrogen) atoms. The van der Waals surface area contributed by atoms with E-state index >= 15 is 0 Å². The van der Waals surface area contributed by atoms with Gasteiger partial charge in [0.1, 0.15) is 0 Å². The van der Waals surface area contributed by atoms with Crippen LogP contribution in [0, 0.1) is 0 Å². The number of benzene rings is 2. The number of amides is 1. The molecule has 0 spiro atoms. The maximum Gasteiger partial charge on any atom is 0.328 e. The van der Waals surface area contributed by atoms with E-state index < -0.39 is 5.91 Å². The Morgan fingerprint density at radius 2 is 1.76 bits per heavy atom. The van der Waals surface area contributed by atoms with Gasteiger partial charge in [-0.15, -0.1) is 0 Å². The average Bonchev–Trinajstić information content (AvgIpc) is 3.11. The van der Waals surface area contributed by atoms with E-state index in [1.807, 2.05) is 54.6 Å². The summed E-state index contributed by atoms with van der Waals surface area (Å²) >= 11 is 8.44. The minimum Gasteiger partial charge on any atom is -0.331 e. The van der Waals surface area contributed by atoms with Crippen molar-refractivity contribution in [3.63, 3.8) is 0 Å². The highest BCUT2D eigenvalue weighted by molar-refractivity contribution is 9.10. The summed E-state index contributed by atoms with van der Waals surface area (Å²) in [6, 6.07) is 16.6. The number of hydrogen-bond acceptors (Lipinski definition) is 5. The molecule has 1 amide bonds. The number of aromatic nitrogens is 2.